The highest BCUT2D eigenvalue weighted by molar-refractivity contribution is 7.19. The summed E-state index contributed by atoms with van der Waals surface area (Å²) in [5, 5.41) is 1.07. The maximum Gasteiger partial charge on any atom is 0.199 e. The number of nitrogen functional groups attached to an aromatic ring is 1. The van der Waals surface area contributed by atoms with Gasteiger partial charge in [-0.1, -0.05) is 0 Å². The van der Waals surface area contributed by atoms with Crippen molar-refractivity contribution in [3.8, 4) is 11.6 Å². The summed E-state index contributed by atoms with van der Waals surface area (Å²) in [6, 6.07) is 0. The Bertz CT molecular complexity index is 801. The van der Waals surface area contributed by atoms with Crippen molar-refractivity contribution in [3.63, 3.8) is 0 Å². The number of nitrogens with two attached hydrogens (primary N) is 1. The van der Waals surface area contributed by atoms with Gasteiger partial charge in [0.1, 0.15) is 10.6 Å². The normalized spacial score (nSPS) is 14.7. The average molecular weight is 285 g/mol. The second-order valence-electron chi connectivity index (χ2n) is 5.19. The second-order valence-corrected chi connectivity index (χ2v) is 6.27. The van der Waals surface area contributed by atoms with E-state index in [-0.39, 0.29) is 0 Å². The number of hydrogen-bond acceptors (Lipinski definition) is 5. The van der Waals surface area contributed by atoms with Gasteiger partial charge < -0.3 is 10.3 Å². The average Bonchev–Trinajstić information content (AvgIpc) is 3.01. The molecule has 0 saturated carbocycles. The van der Waals surface area contributed by atoms with E-state index in [1.165, 1.54) is 23.3 Å². The van der Waals surface area contributed by atoms with Gasteiger partial charge in [-0.15, -0.1) is 11.3 Å². The molecule has 0 bridgehead atoms. The first-order valence-corrected chi connectivity index (χ1v) is 7.61. The monoisotopic (exact) mass is 285 g/mol. The molecule has 3 heterocycles. The highest BCUT2D eigenvalue weighted by atomic mass is 32.1. The summed E-state index contributed by atoms with van der Waals surface area (Å²) in [6.45, 7) is 0. The molecule has 0 aromatic carbocycles. The molecule has 6 heteroatoms. The van der Waals surface area contributed by atoms with Crippen LogP contribution in [0.3, 0.4) is 0 Å². The molecule has 0 atom stereocenters. The summed E-state index contributed by atoms with van der Waals surface area (Å²) < 4.78 is 1.91. The van der Waals surface area contributed by atoms with Crippen LogP contribution in [0.15, 0.2) is 12.4 Å². The van der Waals surface area contributed by atoms with Crippen LogP contribution in [0.1, 0.15) is 23.3 Å². The van der Waals surface area contributed by atoms with E-state index < -0.39 is 0 Å². The van der Waals surface area contributed by atoms with E-state index in [0.717, 1.165) is 28.9 Å². The minimum absolute atomic E-state index is 0.590. The van der Waals surface area contributed by atoms with Gasteiger partial charge in [-0.25, -0.2) is 15.0 Å². The topological polar surface area (TPSA) is 69.6 Å². The van der Waals surface area contributed by atoms with Crippen molar-refractivity contribution in [2.75, 3.05) is 5.73 Å². The summed E-state index contributed by atoms with van der Waals surface area (Å²) in [4.78, 5) is 15.9. The number of hydrogen-bond donors (Lipinski definition) is 1. The molecule has 20 heavy (non-hydrogen) atoms. The van der Waals surface area contributed by atoms with Crippen LogP contribution in [-0.2, 0) is 19.9 Å². The minimum atomic E-state index is 0.590. The lowest BCUT2D eigenvalue weighted by Crippen LogP contribution is -2.03. The van der Waals surface area contributed by atoms with Crippen LogP contribution in [0, 0.1) is 0 Å². The van der Waals surface area contributed by atoms with Gasteiger partial charge in [0.05, 0.1) is 5.39 Å². The Labute approximate surface area is 120 Å². The number of aromatic nitrogens is 4. The van der Waals surface area contributed by atoms with E-state index in [1.807, 2.05) is 17.8 Å². The highest BCUT2D eigenvalue weighted by Gasteiger charge is 2.21. The zero-order valence-corrected chi connectivity index (χ0v) is 12.1. The van der Waals surface area contributed by atoms with Gasteiger partial charge in [0.2, 0.25) is 0 Å². The Morgan fingerprint density at radius 3 is 2.90 bits per heavy atom. The molecule has 1 aliphatic carbocycles. The van der Waals surface area contributed by atoms with Crippen molar-refractivity contribution in [1.29, 1.82) is 0 Å². The molecule has 0 unspecified atom stereocenters. The Morgan fingerprint density at radius 1 is 1.25 bits per heavy atom. The van der Waals surface area contributed by atoms with Crippen LogP contribution in [0.4, 0.5) is 5.82 Å². The zero-order valence-electron chi connectivity index (χ0n) is 11.3. The third-order valence-corrected chi connectivity index (χ3v) is 5.05. The minimum Gasteiger partial charge on any atom is -0.383 e. The number of thiophene rings is 1. The Kier molecular flexibility index (Phi) is 2.53. The van der Waals surface area contributed by atoms with E-state index >= 15 is 0 Å². The number of fused-ring (bicyclic) bond motifs is 3. The van der Waals surface area contributed by atoms with Crippen LogP contribution < -0.4 is 5.73 Å². The van der Waals surface area contributed by atoms with Crippen LogP contribution in [0.2, 0.25) is 0 Å². The Morgan fingerprint density at radius 2 is 2.10 bits per heavy atom. The molecule has 5 nitrogen and oxygen atoms in total. The summed E-state index contributed by atoms with van der Waals surface area (Å²) in [6.07, 6.45) is 8.38. The Hall–Kier alpha value is -1.95. The van der Waals surface area contributed by atoms with Gasteiger partial charge in [0, 0.05) is 24.3 Å². The zero-order chi connectivity index (χ0) is 13.7. The Balaban J connectivity index is 1.97. The molecular weight excluding hydrogens is 270 g/mol. The first-order chi connectivity index (χ1) is 9.74. The van der Waals surface area contributed by atoms with Crippen LogP contribution in [0.5, 0.6) is 0 Å². The molecule has 3 aromatic rings. The van der Waals surface area contributed by atoms with Crippen LogP contribution >= 0.6 is 11.3 Å². The lowest BCUT2D eigenvalue weighted by molar-refractivity contribution is 0.700. The number of imidazole rings is 1. The molecule has 0 fully saturated rings. The van der Waals surface area contributed by atoms with Crippen molar-refractivity contribution in [2.45, 2.75) is 25.7 Å². The molecule has 1 aliphatic rings. The summed E-state index contributed by atoms with van der Waals surface area (Å²) in [5.74, 6) is 1.96. The molecule has 0 aliphatic heterocycles. The first kappa shape index (κ1) is 11.8. The van der Waals surface area contributed by atoms with E-state index in [1.54, 1.807) is 17.5 Å². The van der Waals surface area contributed by atoms with Gasteiger partial charge in [-0.05, 0) is 31.2 Å². The molecule has 102 valence electrons. The quantitative estimate of drug-likeness (QED) is 0.746. The smallest absolute Gasteiger partial charge is 0.199 e. The fourth-order valence-corrected chi connectivity index (χ4v) is 4.14. The maximum atomic E-state index is 6.20. The van der Waals surface area contributed by atoms with Crippen LogP contribution in [0.25, 0.3) is 21.9 Å². The lowest BCUT2D eigenvalue weighted by atomic mass is 9.97. The molecular formula is C14H15N5S. The van der Waals surface area contributed by atoms with E-state index in [0.29, 0.717) is 11.6 Å². The molecule has 0 amide bonds. The van der Waals surface area contributed by atoms with E-state index in [2.05, 4.69) is 15.0 Å². The molecule has 0 saturated heterocycles. The summed E-state index contributed by atoms with van der Waals surface area (Å²) >= 11 is 1.76. The number of aryl methyl sites for hydroxylation is 3. The molecule has 3 aromatic heterocycles. The first-order valence-electron chi connectivity index (χ1n) is 6.79. The lowest BCUT2D eigenvalue weighted by Gasteiger charge is -2.10. The number of anilines is 1. The van der Waals surface area contributed by atoms with Crippen molar-refractivity contribution in [1.82, 2.24) is 19.5 Å². The predicted octanol–water partition coefficient (Wildman–Crippen LogP) is 2.55. The highest BCUT2D eigenvalue weighted by Crippen LogP contribution is 2.38. The standard InChI is InChI=1S/C14H15N5S/c1-19-7-6-16-13(19)12-17-11(15)10-8-4-2-3-5-9(8)20-14(10)18-12/h6-7H,2-5H2,1H3,(H2,15,17,18). The number of nitrogens with zero attached hydrogens (tertiary/aromatic N) is 4. The van der Waals surface area contributed by atoms with Gasteiger partial charge in [0.25, 0.3) is 0 Å². The molecule has 0 spiro atoms. The van der Waals surface area contributed by atoms with Gasteiger partial charge in [-0.2, -0.15) is 0 Å². The van der Waals surface area contributed by atoms with Crippen molar-refractivity contribution in [3.05, 3.63) is 22.8 Å². The fraction of sp³-hybridized carbons (Fsp3) is 0.357. The second kappa shape index (κ2) is 4.28. The summed E-state index contributed by atoms with van der Waals surface area (Å²) in [5.41, 5.74) is 7.58. The van der Waals surface area contributed by atoms with Gasteiger partial charge in [-0.3, -0.25) is 0 Å². The van der Waals surface area contributed by atoms with Gasteiger partial charge >= 0.3 is 0 Å². The van der Waals surface area contributed by atoms with Crippen molar-refractivity contribution >= 4 is 27.4 Å². The fourth-order valence-electron chi connectivity index (χ4n) is 2.87. The largest absolute Gasteiger partial charge is 0.383 e. The summed E-state index contributed by atoms with van der Waals surface area (Å²) in [7, 11) is 1.94. The van der Waals surface area contributed by atoms with Crippen molar-refractivity contribution < 1.29 is 0 Å². The molecule has 2 N–H and O–H groups in total. The third-order valence-electron chi connectivity index (χ3n) is 3.86. The predicted molar refractivity (Wildman–Crippen MR) is 80.7 cm³/mol. The molecule has 0 radical (unpaired) electrons. The molecule has 4 rings (SSSR count). The van der Waals surface area contributed by atoms with E-state index in [9.17, 15) is 0 Å². The van der Waals surface area contributed by atoms with Gasteiger partial charge in [0.15, 0.2) is 11.6 Å². The maximum absolute atomic E-state index is 6.20. The SMILES string of the molecule is Cn1ccnc1-c1nc(N)c2c3c(sc2n1)CCCC3. The number of rotatable bonds is 1. The van der Waals surface area contributed by atoms with E-state index in [4.69, 9.17) is 5.73 Å². The van der Waals surface area contributed by atoms with Crippen LogP contribution in [-0.4, -0.2) is 19.5 Å². The van der Waals surface area contributed by atoms with Crippen molar-refractivity contribution in [2.24, 2.45) is 7.05 Å². The third kappa shape index (κ3) is 1.64.